The zero-order chi connectivity index (χ0) is 23.1. The van der Waals surface area contributed by atoms with E-state index in [9.17, 15) is 13.2 Å². The van der Waals surface area contributed by atoms with E-state index >= 15 is 0 Å². The van der Waals surface area contributed by atoms with Crippen molar-refractivity contribution in [3.05, 3.63) is 88.4 Å². The maximum atomic E-state index is 13.3. The van der Waals surface area contributed by atoms with Gasteiger partial charge in [-0.05, 0) is 61.0 Å². The highest BCUT2D eigenvalue weighted by molar-refractivity contribution is 7.89. The number of carbonyl (C=O) groups excluding carboxylic acids is 1. The number of nitrogens with one attached hydrogen (secondary N) is 1. The molecule has 1 amide bonds. The third-order valence-electron chi connectivity index (χ3n) is 4.51. The van der Waals surface area contributed by atoms with Crippen LogP contribution in [0.4, 0.5) is 5.69 Å². The number of benzene rings is 3. The summed E-state index contributed by atoms with van der Waals surface area (Å²) < 4.78 is 33.0. The Morgan fingerprint density at radius 2 is 1.69 bits per heavy atom. The molecular formula is C23H22Cl2N2O4S. The summed E-state index contributed by atoms with van der Waals surface area (Å²) in [7, 11) is -3.97. The lowest BCUT2D eigenvalue weighted by Gasteiger charge is -2.22. The van der Waals surface area contributed by atoms with Crippen molar-refractivity contribution in [2.45, 2.75) is 18.4 Å². The molecule has 3 aromatic carbocycles. The predicted octanol–water partition coefficient (Wildman–Crippen LogP) is 5.22. The average molecular weight is 493 g/mol. The van der Waals surface area contributed by atoms with Gasteiger partial charge >= 0.3 is 0 Å². The lowest BCUT2D eigenvalue weighted by atomic mass is 10.2. The van der Waals surface area contributed by atoms with Crippen LogP contribution in [0.1, 0.15) is 12.5 Å². The van der Waals surface area contributed by atoms with Gasteiger partial charge in [0.1, 0.15) is 5.75 Å². The van der Waals surface area contributed by atoms with Crippen molar-refractivity contribution in [2.24, 2.45) is 0 Å². The second-order valence-electron chi connectivity index (χ2n) is 6.83. The molecular weight excluding hydrogens is 471 g/mol. The van der Waals surface area contributed by atoms with Crippen molar-refractivity contribution in [3.63, 3.8) is 0 Å². The maximum Gasteiger partial charge on any atom is 0.243 e. The molecule has 0 aliphatic heterocycles. The first-order valence-electron chi connectivity index (χ1n) is 9.81. The number of nitrogens with zero attached hydrogens (tertiary/aromatic N) is 1. The molecule has 3 rings (SSSR count). The van der Waals surface area contributed by atoms with Crippen molar-refractivity contribution < 1.29 is 17.9 Å². The minimum Gasteiger partial charge on any atom is -0.494 e. The summed E-state index contributed by atoms with van der Waals surface area (Å²) in [5, 5.41) is 3.47. The van der Waals surface area contributed by atoms with E-state index in [4.69, 9.17) is 27.9 Å². The van der Waals surface area contributed by atoms with Crippen LogP contribution in [0.15, 0.2) is 77.7 Å². The van der Waals surface area contributed by atoms with Crippen molar-refractivity contribution in [2.75, 3.05) is 18.5 Å². The summed E-state index contributed by atoms with van der Waals surface area (Å²) in [4.78, 5) is 12.8. The Bertz CT molecular complexity index is 1170. The molecule has 0 atom stereocenters. The first kappa shape index (κ1) is 24.1. The van der Waals surface area contributed by atoms with E-state index in [1.807, 2.05) is 6.92 Å². The second kappa shape index (κ2) is 10.8. The smallest absolute Gasteiger partial charge is 0.243 e. The number of anilines is 1. The van der Waals surface area contributed by atoms with Crippen molar-refractivity contribution in [1.29, 1.82) is 0 Å². The van der Waals surface area contributed by atoms with Gasteiger partial charge in [0, 0.05) is 22.3 Å². The number of carbonyl (C=O) groups is 1. The number of rotatable bonds is 9. The van der Waals surface area contributed by atoms with Gasteiger partial charge in [0.2, 0.25) is 15.9 Å². The number of hydrogen-bond donors (Lipinski definition) is 1. The Balaban J connectivity index is 1.84. The summed E-state index contributed by atoms with van der Waals surface area (Å²) in [6.07, 6.45) is 0. The highest BCUT2D eigenvalue weighted by Gasteiger charge is 2.27. The minimum absolute atomic E-state index is 0.0824. The maximum absolute atomic E-state index is 13.3. The van der Waals surface area contributed by atoms with Crippen LogP contribution in [0.25, 0.3) is 0 Å². The van der Waals surface area contributed by atoms with E-state index in [0.717, 1.165) is 4.31 Å². The van der Waals surface area contributed by atoms with E-state index in [1.165, 1.54) is 18.2 Å². The van der Waals surface area contributed by atoms with Crippen LogP contribution in [0.5, 0.6) is 5.75 Å². The van der Waals surface area contributed by atoms with Crippen LogP contribution >= 0.6 is 23.2 Å². The van der Waals surface area contributed by atoms with Gasteiger partial charge in [0.15, 0.2) is 0 Å². The van der Waals surface area contributed by atoms with Gasteiger partial charge in [-0.25, -0.2) is 8.42 Å². The lowest BCUT2D eigenvalue weighted by molar-refractivity contribution is -0.116. The fraction of sp³-hybridized carbons (Fsp3) is 0.174. The van der Waals surface area contributed by atoms with Gasteiger partial charge in [-0.1, -0.05) is 47.5 Å². The summed E-state index contributed by atoms with van der Waals surface area (Å²) in [5.41, 5.74) is 1.06. The molecule has 0 bridgehead atoms. The number of halogens is 2. The molecule has 0 saturated heterocycles. The molecule has 0 radical (unpaired) electrons. The molecule has 0 unspecified atom stereocenters. The average Bonchev–Trinajstić information content (AvgIpc) is 2.77. The normalized spacial score (nSPS) is 11.4. The van der Waals surface area contributed by atoms with E-state index in [-0.39, 0.29) is 11.4 Å². The van der Waals surface area contributed by atoms with Crippen LogP contribution in [-0.2, 0) is 21.4 Å². The quantitative estimate of drug-likeness (QED) is 0.444. The van der Waals surface area contributed by atoms with Crippen molar-refractivity contribution >= 4 is 44.8 Å². The minimum atomic E-state index is -3.97. The summed E-state index contributed by atoms with van der Waals surface area (Å²) in [6, 6.07) is 19.6. The summed E-state index contributed by atoms with van der Waals surface area (Å²) in [5.74, 6) is 0.190. The molecule has 168 valence electrons. The Hall–Kier alpha value is -2.58. The van der Waals surface area contributed by atoms with E-state index in [1.54, 1.807) is 54.6 Å². The zero-order valence-electron chi connectivity index (χ0n) is 17.3. The van der Waals surface area contributed by atoms with Crippen LogP contribution in [0.3, 0.4) is 0 Å². The predicted molar refractivity (Wildman–Crippen MR) is 127 cm³/mol. The Morgan fingerprint density at radius 1 is 1.00 bits per heavy atom. The third-order valence-corrected chi connectivity index (χ3v) is 6.90. The monoisotopic (exact) mass is 492 g/mol. The first-order valence-corrected chi connectivity index (χ1v) is 12.0. The molecule has 32 heavy (non-hydrogen) atoms. The Morgan fingerprint density at radius 3 is 2.31 bits per heavy atom. The topological polar surface area (TPSA) is 75.7 Å². The van der Waals surface area contributed by atoms with Gasteiger partial charge in [-0.3, -0.25) is 4.79 Å². The number of sulfonamides is 1. The van der Waals surface area contributed by atoms with Gasteiger partial charge in [-0.2, -0.15) is 4.31 Å². The summed E-state index contributed by atoms with van der Waals surface area (Å²) >= 11 is 12.2. The molecule has 0 heterocycles. The molecule has 0 spiro atoms. The molecule has 0 fully saturated rings. The highest BCUT2D eigenvalue weighted by Crippen LogP contribution is 2.25. The molecule has 0 aliphatic rings. The fourth-order valence-electron chi connectivity index (χ4n) is 2.97. The van der Waals surface area contributed by atoms with E-state index < -0.39 is 22.5 Å². The van der Waals surface area contributed by atoms with Crippen molar-refractivity contribution in [1.82, 2.24) is 4.31 Å². The summed E-state index contributed by atoms with van der Waals surface area (Å²) in [6.45, 7) is 1.92. The SMILES string of the molecule is CCOc1ccc(NC(=O)CN(Cc2ccc(Cl)cc2Cl)S(=O)(=O)c2ccccc2)cc1. The van der Waals surface area contributed by atoms with E-state index in [2.05, 4.69) is 5.32 Å². The fourth-order valence-corrected chi connectivity index (χ4v) is 4.83. The molecule has 3 aromatic rings. The van der Waals surface area contributed by atoms with Gasteiger partial charge in [-0.15, -0.1) is 0 Å². The van der Waals surface area contributed by atoms with E-state index in [0.29, 0.717) is 33.7 Å². The lowest BCUT2D eigenvalue weighted by Crippen LogP contribution is -2.37. The zero-order valence-corrected chi connectivity index (χ0v) is 19.6. The van der Waals surface area contributed by atoms with Crippen LogP contribution < -0.4 is 10.1 Å². The number of amides is 1. The first-order chi connectivity index (χ1) is 15.3. The highest BCUT2D eigenvalue weighted by atomic mass is 35.5. The third kappa shape index (κ3) is 6.23. The Labute approximate surface area is 197 Å². The molecule has 9 heteroatoms. The molecule has 1 N–H and O–H groups in total. The van der Waals surface area contributed by atoms with Crippen molar-refractivity contribution in [3.8, 4) is 5.75 Å². The molecule has 0 aliphatic carbocycles. The number of hydrogen-bond acceptors (Lipinski definition) is 4. The molecule has 0 saturated carbocycles. The number of ether oxygens (including phenoxy) is 1. The van der Waals surface area contributed by atoms with Crippen LogP contribution in [-0.4, -0.2) is 31.8 Å². The van der Waals surface area contributed by atoms with Gasteiger partial charge < -0.3 is 10.1 Å². The second-order valence-corrected chi connectivity index (χ2v) is 9.61. The largest absolute Gasteiger partial charge is 0.494 e. The Kier molecular flexibility index (Phi) is 8.15. The van der Waals surface area contributed by atoms with Crippen LogP contribution in [0.2, 0.25) is 10.0 Å². The molecule has 0 aromatic heterocycles. The van der Waals surface area contributed by atoms with Gasteiger partial charge in [0.25, 0.3) is 0 Å². The standard InChI is InChI=1S/C23H22Cl2N2O4S/c1-2-31-20-12-10-19(11-13-20)26-23(28)16-27(15-17-8-9-18(24)14-22(17)25)32(29,30)21-6-4-3-5-7-21/h3-14H,2,15-16H2,1H3,(H,26,28). The van der Waals surface area contributed by atoms with Crippen LogP contribution in [0, 0.1) is 0 Å². The van der Waals surface area contributed by atoms with Gasteiger partial charge in [0.05, 0.1) is 18.0 Å². The molecule has 6 nitrogen and oxygen atoms in total.